The fraction of sp³-hybridized carbons (Fsp3) is 0.333. The third kappa shape index (κ3) is 4.54. The van der Waals surface area contributed by atoms with E-state index in [1.807, 2.05) is 0 Å². The SMILES string of the molecule is COc1cn(-c2cccc(C(F)(F)F)c2)nc1C(=O)N1CCN(C(=O)c2cc(C)no2)CC1. The number of carbonyl (C=O) groups is 2. The van der Waals surface area contributed by atoms with E-state index in [-0.39, 0.29) is 55.0 Å². The minimum absolute atomic E-state index is 0.0273. The van der Waals surface area contributed by atoms with Gasteiger partial charge in [-0.05, 0) is 25.1 Å². The molecule has 0 bridgehead atoms. The highest BCUT2D eigenvalue weighted by atomic mass is 19.4. The third-order valence-corrected chi connectivity index (χ3v) is 5.23. The molecule has 2 amide bonds. The van der Waals surface area contributed by atoms with Crippen molar-refractivity contribution in [2.24, 2.45) is 0 Å². The summed E-state index contributed by atoms with van der Waals surface area (Å²) in [5, 5.41) is 7.89. The minimum atomic E-state index is -4.51. The van der Waals surface area contributed by atoms with Crippen LogP contribution in [-0.4, -0.2) is 69.8 Å². The quantitative estimate of drug-likeness (QED) is 0.591. The number of benzene rings is 1. The van der Waals surface area contributed by atoms with Crippen LogP contribution in [0.3, 0.4) is 0 Å². The molecule has 3 heterocycles. The Kier molecular flexibility index (Phi) is 5.83. The first-order valence-electron chi connectivity index (χ1n) is 10.0. The molecule has 0 unspecified atom stereocenters. The van der Waals surface area contributed by atoms with Crippen LogP contribution in [0.15, 0.2) is 41.1 Å². The average Bonchev–Trinajstić information content (AvgIpc) is 3.44. The van der Waals surface area contributed by atoms with Gasteiger partial charge in [0.05, 0.1) is 30.3 Å². The molecule has 1 saturated heterocycles. The fourth-order valence-electron chi connectivity index (χ4n) is 3.50. The van der Waals surface area contributed by atoms with Gasteiger partial charge in [-0.1, -0.05) is 11.2 Å². The van der Waals surface area contributed by atoms with Crippen molar-refractivity contribution in [1.29, 1.82) is 0 Å². The molecule has 1 fully saturated rings. The molecule has 1 aliphatic heterocycles. The van der Waals surface area contributed by atoms with Gasteiger partial charge in [-0.3, -0.25) is 9.59 Å². The van der Waals surface area contributed by atoms with Gasteiger partial charge in [0.15, 0.2) is 11.4 Å². The maximum absolute atomic E-state index is 13.1. The molecule has 33 heavy (non-hydrogen) atoms. The molecule has 2 aromatic heterocycles. The molecule has 1 aliphatic rings. The van der Waals surface area contributed by atoms with Crippen LogP contribution < -0.4 is 4.74 Å². The average molecular weight is 463 g/mol. The summed E-state index contributed by atoms with van der Waals surface area (Å²) in [6.07, 6.45) is -3.15. The second-order valence-corrected chi connectivity index (χ2v) is 7.46. The van der Waals surface area contributed by atoms with Gasteiger partial charge < -0.3 is 19.1 Å². The van der Waals surface area contributed by atoms with E-state index >= 15 is 0 Å². The van der Waals surface area contributed by atoms with E-state index in [2.05, 4.69) is 10.3 Å². The van der Waals surface area contributed by atoms with Crippen LogP contribution in [-0.2, 0) is 6.18 Å². The predicted octanol–water partition coefficient (Wildman–Crippen LogP) is 2.79. The van der Waals surface area contributed by atoms with E-state index < -0.39 is 17.6 Å². The van der Waals surface area contributed by atoms with Gasteiger partial charge >= 0.3 is 6.18 Å². The Morgan fingerprint density at radius 2 is 1.73 bits per heavy atom. The van der Waals surface area contributed by atoms with Crippen LogP contribution >= 0.6 is 0 Å². The van der Waals surface area contributed by atoms with Crippen molar-refractivity contribution < 1.29 is 32.0 Å². The predicted molar refractivity (Wildman–Crippen MR) is 108 cm³/mol. The van der Waals surface area contributed by atoms with Crippen LogP contribution in [0.4, 0.5) is 13.2 Å². The molecule has 3 aromatic rings. The normalized spacial score (nSPS) is 14.5. The van der Waals surface area contributed by atoms with Crippen LogP contribution in [0.5, 0.6) is 5.75 Å². The molecular formula is C21H20F3N5O4. The number of alkyl halides is 3. The summed E-state index contributed by atoms with van der Waals surface area (Å²) in [4.78, 5) is 28.6. The van der Waals surface area contributed by atoms with E-state index in [4.69, 9.17) is 9.26 Å². The van der Waals surface area contributed by atoms with Gasteiger partial charge in [-0.25, -0.2) is 4.68 Å². The standard InChI is InChI=1S/C21H20F3N5O4/c1-13-10-16(33-26-13)19(30)27-6-8-28(9-7-27)20(31)18-17(32-2)12-29(25-18)15-5-3-4-14(11-15)21(22,23)24/h3-5,10-12H,6-9H2,1-2H3. The van der Waals surface area contributed by atoms with Crippen LogP contribution in [0.1, 0.15) is 32.3 Å². The molecule has 9 nitrogen and oxygen atoms in total. The second kappa shape index (κ2) is 8.60. The van der Waals surface area contributed by atoms with E-state index in [1.165, 1.54) is 35.0 Å². The lowest BCUT2D eigenvalue weighted by atomic mass is 10.2. The summed E-state index contributed by atoms with van der Waals surface area (Å²) in [5.74, 6) is -0.490. The highest BCUT2D eigenvalue weighted by molar-refractivity contribution is 5.95. The Labute approximate surface area is 186 Å². The van der Waals surface area contributed by atoms with Crippen molar-refractivity contribution in [2.45, 2.75) is 13.1 Å². The fourth-order valence-corrected chi connectivity index (χ4v) is 3.50. The Bertz CT molecular complexity index is 1180. The molecule has 0 atom stereocenters. The van der Waals surface area contributed by atoms with E-state index in [0.717, 1.165) is 12.1 Å². The number of nitrogens with zero attached hydrogens (tertiary/aromatic N) is 5. The summed E-state index contributed by atoms with van der Waals surface area (Å²) in [6, 6.07) is 6.16. The number of halogens is 3. The number of piperazine rings is 1. The maximum Gasteiger partial charge on any atom is 0.416 e. The number of ether oxygens (including phenoxy) is 1. The second-order valence-electron chi connectivity index (χ2n) is 7.46. The van der Waals surface area contributed by atoms with Crippen molar-refractivity contribution in [1.82, 2.24) is 24.7 Å². The lowest BCUT2D eigenvalue weighted by Crippen LogP contribution is -2.50. The molecule has 12 heteroatoms. The summed E-state index contributed by atoms with van der Waals surface area (Å²) in [7, 11) is 1.35. The first-order chi connectivity index (χ1) is 15.7. The van der Waals surface area contributed by atoms with Crippen LogP contribution in [0, 0.1) is 6.92 Å². The molecule has 0 N–H and O–H groups in total. The van der Waals surface area contributed by atoms with Gasteiger partial charge in [-0.15, -0.1) is 0 Å². The Morgan fingerprint density at radius 3 is 2.30 bits per heavy atom. The molecule has 1 aromatic carbocycles. The molecule has 0 radical (unpaired) electrons. The molecule has 4 rings (SSSR count). The molecule has 174 valence electrons. The zero-order chi connectivity index (χ0) is 23.8. The number of rotatable bonds is 4. The van der Waals surface area contributed by atoms with Crippen LogP contribution in [0.2, 0.25) is 0 Å². The zero-order valence-electron chi connectivity index (χ0n) is 17.8. The van der Waals surface area contributed by atoms with Crippen molar-refractivity contribution in [2.75, 3.05) is 33.3 Å². The first-order valence-corrected chi connectivity index (χ1v) is 10.0. The number of carbonyl (C=O) groups excluding carboxylic acids is 2. The van der Waals surface area contributed by atoms with Crippen molar-refractivity contribution in [3.63, 3.8) is 0 Å². The van der Waals surface area contributed by atoms with Crippen LogP contribution in [0.25, 0.3) is 5.69 Å². The Balaban J connectivity index is 1.49. The lowest BCUT2D eigenvalue weighted by Gasteiger charge is -2.33. The Hall–Kier alpha value is -3.83. The van der Waals surface area contributed by atoms with E-state index in [1.54, 1.807) is 17.9 Å². The van der Waals surface area contributed by atoms with Crippen molar-refractivity contribution in [3.8, 4) is 11.4 Å². The topological polar surface area (TPSA) is 93.7 Å². The number of hydrogen-bond donors (Lipinski definition) is 0. The summed E-state index contributed by atoms with van der Waals surface area (Å²) in [6.45, 7) is 2.76. The lowest BCUT2D eigenvalue weighted by molar-refractivity contribution is -0.137. The van der Waals surface area contributed by atoms with Crippen molar-refractivity contribution >= 4 is 11.8 Å². The van der Waals surface area contributed by atoms with Gasteiger partial charge in [0.1, 0.15) is 0 Å². The summed E-state index contributed by atoms with van der Waals surface area (Å²) >= 11 is 0. The molecule has 0 spiro atoms. The molecular weight excluding hydrogens is 443 g/mol. The largest absolute Gasteiger partial charge is 0.493 e. The van der Waals surface area contributed by atoms with Gasteiger partial charge in [0.2, 0.25) is 5.76 Å². The monoisotopic (exact) mass is 463 g/mol. The highest BCUT2D eigenvalue weighted by Crippen LogP contribution is 2.31. The van der Waals surface area contributed by atoms with Gasteiger partial charge in [0.25, 0.3) is 11.8 Å². The minimum Gasteiger partial charge on any atom is -0.493 e. The van der Waals surface area contributed by atoms with E-state index in [0.29, 0.717) is 5.69 Å². The number of aryl methyl sites for hydroxylation is 1. The van der Waals surface area contributed by atoms with E-state index in [9.17, 15) is 22.8 Å². The van der Waals surface area contributed by atoms with Crippen molar-refractivity contribution in [3.05, 3.63) is 59.2 Å². The Morgan fingerprint density at radius 1 is 1.06 bits per heavy atom. The van der Waals surface area contributed by atoms with Gasteiger partial charge in [0, 0.05) is 32.2 Å². The maximum atomic E-state index is 13.1. The smallest absolute Gasteiger partial charge is 0.416 e. The van der Waals surface area contributed by atoms with Gasteiger partial charge in [-0.2, -0.15) is 18.3 Å². The highest BCUT2D eigenvalue weighted by Gasteiger charge is 2.32. The number of hydrogen-bond acceptors (Lipinski definition) is 6. The number of amides is 2. The number of methoxy groups -OCH3 is 1. The summed E-state index contributed by atoms with van der Waals surface area (Å²) < 4.78 is 50.6. The zero-order valence-corrected chi connectivity index (χ0v) is 17.8. The third-order valence-electron chi connectivity index (χ3n) is 5.23. The first kappa shape index (κ1) is 22.4. The summed E-state index contributed by atoms with van der Waals surface area (Å²) in [5.41, 5.74) is -0.124. The molecule has 0 aliphatic carbocycles. The number of aromatic nitrogens is 3. The molecule has 0 saturated carbocycles.